The van der Waals surface area contributed by atoms with Crippen LogP contribution in [0, 0.1) is 0 Å². The molecule has 3 rings (SSSR count). The average Bonchev–Trinajstić information content (AvgIpc) is 2.74. The number of halogens is 3. The number of hydrogen-bond donors (Lipinski definition) is 2. The molecule has 3 aromatic carbocycles. The number of hydrogen-bond acceptors (Lipinski definition) is 4. The third-order valence-electron chi connectivity index (χ3n) is 4.33. The Kier molecular flexibility index (Phi) is 8.10. The van der Waals surface area contributed by atoms with Crippen LogP contribution in [0.15, 0.2) is 80.6 Å². The maximum absolute atomic E-state index is 12.7. The molecule has 0 aliphatic rings. The Hall–Kier alpha value is -2.20. The Balaban J connectivity index is 1.69. The molecule has 2 N–H and O–H groups in total. The van der Waals surface area contributed by atoms with E-state index in [1.165, 1.54) is 18.2 Å². The van der Waals surface area contributed by atoms with Gasteiger partial charge in [0.25, 0.3) is 15.9 Å². The molecule has 32 heavy (non-hydrogen) atoms. The van der Waals surface area contributed by atoms with Crippen molar-refractivity contribution in [1.29, 1.82) is 0 Å². The fraction of sp³-hybridized carbons (Fsp3) is 0.0909. The van der Waals surface area contributed by atoms with Crippen molar-refractivity contribution in [3.05, 3.63) is 91.8 Å². The summed E-state index contributed by atoms with van der Waals surface area (Å²) in [5.74, 6) is -0.841. The van der Waals surface area contributed by atoms with E-state index in [-0.39, 0.29) is 34.2 Å². The van der Waals surface area contributed by atoms with E-state index in [0.29, 0.717) is 5.69 Å². The number of ketones is 1. The second-order valence-corrected chi connectivity index (χ2v) is 10.7. The van der Waals surface area contributed by atoms with Gasteiger partial charge < -0.3 is 5.32 Å². The average molecular weight is 601 g/mol. The molecule has 0 aromatic heterocycles. The summed E-state index contributed by atoms with van der Waals surface area (Å²) in [7, 11) is -3.95. The molecule has 0 bridgehead atoms. The zero-order chi connectivity index (χ0) is 23.3. The number of nitrogens with one attached hydrogen (secondary N) is 2. The van der Waals surface area contributed by atoms with Gasteiger partial charge in [-0.05, 0) is 60.2 Å². The molecule has 0 spiro atoms. The van der Waals surface area contributed by atoms with E-state index in [1.54, 1.807) is 24.3 Å². The summed E-state index contributed by atoms with van der Waals surface area (Å²) in [5, 5.41) is 2.58. The van der Waals surface area contributed by atoms with Gasteiger partial charge in [0.1, 0.15) is 0 Å². The van der Waals surface area contributed by atoms with Gasteiger partial charge in [-0.2, -0.15) is 0 Å². The molecule has 3 aromatic rings. The standard InChI is InChI=1S/C22H17Br2ClN2O4S/c23-15-4-6-17(7-5-15)27-32(30,31)19-8-9-21(25)20(12-19)22(29)26-13-18(28)11-14-2-1-3-16(24)10-14/h1-10,12,27H,11,13H2,(H,26,29). The number of rotatable bonds is 8. The second kappa shape index (κ2) is 10.6. The topological polar surface area (TPSA) is 92.3 Å². The van der Waals surface area contributed by atoms with Gasteiger partial charge in [-0.15, -0.1) is 0 Å². The lowest BCUT2D eigenvalue weighted by molar-refractivity contribution is -0.117. The van der Waals surface area contributed by atoms with Gasteiger partial charge in [0.2, 0.25) is 0 Å². The van der Waals surface area contributed by atoms with Crippen molar-refractivity contribution >= 4 is 70.9 Å². The van der Waals surface area contributed by atoms with Gasteiger partial charge in [-0.25, -0.2) is 8.42 Å². The highest BCUT2D eigenvalue weighted by Gasteiger charge is 2.19. The Bertz CT molecular complexity index is 1270. The van der Waals surface area contributed by atoms with E-state index in [0.717, 1.165) is 14.5 Å². The van der Waals surface area contributed by atoms with Gasteiger partial charge >= 0.3 is 0 Å². The molecule has 0 atom stereocenters. The largest absolute Gasteiger partial charge is 0.345 e. The highest BCUT2D eigenvalue weighted by molar-refractivity contribution is 9.10. The molecular weight excluding hydrogens is 584 g/mol. The first-order valence-electron chi connectivity index (χ1n) is 9.26. The van der Waals surface area contributed by atoms with Crippen LogP contribution in [-0.2, 0) is 21.2 Å². The summed E-state index contributed by atoms with van der Waals surface area (Å²) in [4.78, 5) is 24.7. The zero-order valence-corrected chi connectivity index (χ0v) is 21.2. The molecule has 1 amide bonds. The van der Waals surface area contributed by atoms with Crippen molar-refractivity contribution in [3.63, 3.8) is 0 Å². The molecular formula is C22H17Br2ClN2O4S. The van der Waals surface area contributed by atoms with Crippen molar-refractivity contribution in [2.45, 2.75) is 11.3 Å². The maximum atomic E-state index is 12.7. The highest BCUT2D eigenvalue weighted by Crippen LogP contribution is 2.23. The lowest BCUT2D eigenvalue weighted by atomic mass is 10.1. The van der Waals surface area contributed by atoms with E-state index < -0.39 is 15.9 Å². The zero-order valence-electron chi connectivity index (χ0n) is 16.4. The Morgan fingerprint density at radius 3 is 2.31 bits per heavy atom. The molecule has 0 aliphatic heterocycles. The summed E-state index contributed by atoms with van der Waals surface area (Å²) in [5.41, 5.74) is 1.14. The number of Topliss-reactive ketones (excluding diaryl/α,β-unsaturated/α-hetero) is 1. The van der Waals surface area contributed by atoms with Crippen LogP contribution in [0.3, 0.4) is 0 Å². The fourth-order valence-electron chi connectivity index (χ4n) is 2.79. The first kappa shape index (κ1) is 24.4. The SMILES string of the molecule is O=C(CNC(=O)c1cc(S(=O)(=O)Nc2ccc(Br)cc2)ccc1Cl)Cc1cccc(Br)c1. The van der Waals surface area contributed by atoms with Gasteiger partial charge in [-0.1, -0.05) is 55.6 Å². The smallest absolute Gasteiger partial charge is 0.261 e. The minimum atomic E-state index is -3.95. The number of anilines is 1. The van der Waals surface area contributed by atoms with Crippen molar-refractivity contribution in [3.8, 4) is 0 Å². The summed E-state index contributed by atoms with van der Waals surface area (Å²) >= 11 is 12.7. The third kappa shape index (κ3) is 6.65. The summed E-state index contributed by atoms with van der Waals surface area (Å²) < 4.78 is 29.5. The molecule has 6 nitrogen and oxygen atoms in total. The minimum absolute atomic E-state index is 0.0411. The van der Waals surface area contributed by atoms with Crippen LogP contribution >= 0.6 is 43.5 Å². The van der Waals surface area contributed by atoms with Crippen molar-refractivity contribution in [2.24, 2.45) is 0 Å². The number of carbonyl (C=O) groups is 2. The van der Waals surface area contributed by atoms with Crippen LogP contribution in [0.1, 0.15) is 15.9 Å². The summed E-state index contributed by atoms with van der Waals surface area (Å²) in [6.45, 7) is -0.213. The molecule has 10 heteroatoms. The first-order chi connectivity index (χ1) is 15.1. The lowest BCUT2D eigenvalue weighted by Crippen LogP contribution is -2.30. The fourth-order valence-corrected chi connectivity index (χ4v) is 4.79. The molecule has 166 valence electrons. The maximum Gasteiger partial charge on any atom is 0.261 e. The van der Waals surface area contributed by atoms with E-state index in [9.17, 15) is 18.0 Å². The van der Waals surface area contributed by atoms with Crippen LogP contribution in [0.5, 0.6) is 0 Å². The quantitative estimate of drug-likeness (QED) is 0.372. The summed E-state index contributed by atoms with van der Waals surface area (Å²) in [6.07, 6.45) is 0.152. The van der Waals surface area contributed by atoms with Crippen molar-refractivity contribution < 1.29 is 18.0 Å². The molecule has 0 saturated heterocycles. The second-order valence-electron chi connectivity index (χ2n) is 6.78. The molecule has 0 fully saturated rings. The first-order valence-corrected chi connectivity index (χ1v) is 12.7. The van der Waals surface area contributed by atoms with Gasteiger partial charge in [0.05, 0.1) is 22.0 Å². The van der Waals surface area contributed by atoms with Crippen LogP contribution in [-0.4, -0.2) is 26.7 Å². The Morgan fingerprint density at radius 1 is 0.906 bits per heavy atom. The minimum Gasteiger partial charge on any atom is -0.345 e. The molecule has 0 saturated carbocycles. The van der Waals surface area contributed by atoms with Crippen LogP contribution in [0.4, 0.5) is 5.69 Å². The Morgan fingerprint density at radius 2 is 1.62 bits per heavy atom. The third-order valence-corrected chi connectivity index (χ3v) is 7.06. The van der Waals surface area contributed by atoms with E-state index in [2.05, 4.69) is 41.9 Å². The predicted octanol–water partition coefficient (Wildman–Crippen LogP) is 5.21. The van der Waals surface area contributed by atoms with Crippen LogP contribution < -0.4 is 10.0 Å². The van der Waals surface area contributed by atoms with Crippen molar-refractivity contribution in [1.82, 2.24) is 5.32 Å². The van der Waals surface area contributed by atoms with Gasteiger partial charge in [0, 0.05) is 21.1 Å². The Labute approximate surface area is 207 Å². The normalized spacial score (nSPS) is 11.1. The van der Waals surface area contributed by atoms with Gasteiger partial charge in [-0.3, -0.25) is 14.3 Å². The molecule has 0 heterocycles. The van der Waals surface area contributed by atoms with E-state index >= 15 is 0 Å². The number of benzene rings is 3. The highest BCUT2D eigenvalue weighted by atomic mass is 79.9. The monoisotopic (exact) mass is 598 g/mol. The lowest BCUT2D eigenvalue weighted by Gasteiger charge is -2.11. The van der Waals surface area contributed by atoms with Gasteiger partial charge in [0.15, 0.2) is 5.78 Å². The molecule has 0 unspecified atom stereocenters. The number of amides is 1. The predicted molar refractivity (Wildman–Crippen MR) is 132 cm³/mol. The van der Waals surface area contributed by atoms with E-state index in [1.807, 2.05) is 24.3 Å². The van der Waals surface area contributed by atoms with Crippen LogP contribution in [0.25, 0.3) is 0 Å². The number of sulfonamides is 1. The molecule has 0 radical (unpaired) electrons. The molecule has 0 aliphatic carbocycles. The van der Waals surface area contributed by atoms with Crippen molar-refractivity contribution in [2.75, 3.05) is 11.3 Å². The van der Waals surface area contributed by atoms with Crippen LogP contribution in [0.2, 0.25) is 5.02 Å². The van der Waals surface area contributed by atoms with E-state index in [4.69, 9.17) is 11.6 Å². The number of carbonyl (C=O) groups excluding carboxylic acids is 2. The summed E-state index contributed by atoms with van der Waals surface area (Å²) in [6, 6.07) is 17.7.